The Labute approximate surface area is 162 Å². The minimum Gasteiger partial charge on any atom is -0.475 e. The van der Waals surface area contributed by atoms with Crippen LogP contribution in [0.5, 0.6) is 0 Å². The first-order valence-electron chi connectivity index (χ1n) is 8.16. The molecule has 0 bridgehead atoms. The molecule has 162 valence electrons. The summed E-state index contributed by atoms with van der Waals surface area (Å²) in [5.74, 6) is -3.79. The van der Waals surface area contributed by atoms with Gasteiger partial charge in [-0.2, -0.15) is 17.7 Å². The molecule has 1 aliphatic rings. The number of aromatic nitrogens is 1. The van der Waals surface area contributed by atoms with Crippen LogP contribution in [0.25, 0.3) is 0 Å². The van der Waals surface area contributed by atoms with Crippen LogP contribution in [0.2, 0.25) is 0 Å². The Morgan fingerprint density at radius 1 is 1.28 bits per heavy atom. The zero-order valence-corrected chi connectivity index (χ0v) is 15.1. The van der Waals surface area contributed by atoms with Crippen LogP contribution in [-0.4, -0.2) is 64.3 Å². The fraction of sp³-hybridized carbons (Fsp3) is 0.500. The van der Waals surface area contributed by atoms with Crippen LogP contribution in [0.3, 0.4) is 0 Å². The molecule has 0 aromatic carbocycles. The summed E-state index contributed by atoms with van der Waals surface area (Å²) in [5, 5.41) is 27.2. The third-order valence-corrected chi connectivity index (χ3v) is 3.68. The predicted molar refractivity (Wildman–Crippen MR) is 86.0 cm³/mol. The van der Waals surface area contributed by atoms with Crippen LogP contribution in [0, 0.1) is 0 Å². The lowest BCUT2D eigenvalue weighted by Gasteiger charge is -2.13. The Morgan fingerprint density at radius 3 is 2.34 bits per heavy atom. The van der Waals surface area contributed by atoms with Gasteiger partial charge in [0.1, 0.15) is 24.4 Å². The number of hydrogen-bond acceptors (Lipinski definition) is 7. The fourth-order valence-electron chi connectivity index (χ4n) is 2.19. The van der Waals surface area contributed by atoms with E-state index in [0.29, 0.717) is 0 Å². The Bertz CT molecular complexity index is 743. The van der Waals surface area contributed by atoms with E-state index in [-0.39, 0.29) is 18.6 Å². The normalized spacial score (nSPS) is 23.7. The minimum atomic E-state index is -5.08. The highest BCUT2D eigenvalue weighted by Crippen LogP contribution is 2.25. The highest BCUT2D eigenvalue weighted by Gasteiger charge is 2.48. The third-order valence-electron chi connectivity index (χ3n) is 3.68. The van der Waals surface area contributed by atoms with E-state index in [1.807, 2.05) is 0 Å². The smallest absolute Gasteiger partial charge is 0.475 e. The lowest BCUT2D eigenvalue weighted by atomic mass is 10.1. The van der Waals surface area contributed by atoms with Crippen molar-refractivity contribution in [3.63, 3.8) is 0 Å². The summed E-state index contributed by atoms with van der Waals surface area (Å²) in [6.07, 6.45) is -6.06. The number of hydrogen-bond donors (Lipinski definition) is 4. The molecule has 0 aliphatic carbocycles. The van der Waals surface area contributed by atoms with E-state index >= 15 is 0 Å². The molecule has 1 fully saturated rings. The van der Waals surface area contributed by atoms with Gasteiger partial charge in [-0.3, -0.25) is 9.59 Å². The van der Waals surface area contributed by atoms with E-state index in [2.05, 4.69) is 0 Å². The van der Waals surface area contributed by atoms with Crippen molar-refractivity contribution in [3.8, 4) is 0 Å². The number of aliphatic carboxylic acids is 1. The van der Waals surface area contributed by atoms with E-state index in [4.69, 9.17) is 25.1 Å². The van der Waals surface area contributed by atoms with Gasteiger partial charge in [0.25, 0.3) is 12.1 Å². The number of carbonyl (C=O) groups excluding carboxylic acids is 2. The van der Waals surface area contributed by atoms with Gasteiger partial charge in [0, 0.05) is 12.5 Å². The molecule has 4 atom stereocenters. The van der Waals surface area contributed by atoms with Crippen molar-refractivity contribution < 1.29 is 56.9 Å². The summed E-state index contributed by atoms with van der Waals surface area (Å²) in [7, 11) is 0. The first kappa shape index (κ1) is 24.3. The number of rotatable bonds is 5. The lowest BCUT2D eigenvalue weighted by Crippen LogP contribution is -2.46. The topological polar surface area (TPSA) is 160 Å². The second-order valence-corrected chi connectivity index (χ2v) is 5.79. The average Bonchev–Trinajstić information content (AvgIpc) is 2.94. The Hall–Kier alpha value is -2.77. The number of carboxylic acids is 1. The molecule has 1 unspecified atom stereocenters. The highest BCUT2D eigenvalue weighted by molar-refractivity contribution is 5.92. The van der Waals surface area contributed by atoms with Crippen molar-refractivity contribution in [2.24, 2.45) is 5.73 Å². The van der Waals surface area contributed by atoms with Gasteiger partial charge in [-0.05, 0) is 6.07 Å². The van der Waals surface area contributed by atoms with Crippen molar-refractivity contribution in [2.75, 3.05) is 6.61 Å². The number of nitrogens with zero attached hydrogens (tertiary/aromatic N) is 1. The minimum absolute atomic E-state index is 0.155. The van der Waals surface area contributed by atoms with E-state index in [0.717, 1.165) is 0 Å². The quantitative estimate of drug-likeness (QED) is 0.355. The number of alkyl halides is 3. The number of pyridine rings is 1. The van der Waals surface area contributed by atoms with Crippen LogP contribution in [0.4, 0.5) is 13.2 Å². The molecule has 13 heteroatoms. The lowest BCUT2D eigenvalue weighted by molar-refractivity contribution is -0.765. The van der Waals surface area contributed by atoms with Gasteiger partial charge in [-0.25, -0.2) is 4.79 Å². The summed E-state index contributed by atoms with van der Waals surface area (Å²) in [6, 6.07) is 3.10. The molecule has 2 rings (SSSR count). The molecular formula is C16H20F3N2O8+. The standard InChI is InChI=1S/C14H18N2O6.C2HF3O2/c1-2-10(17)21-7-9-11(18)12(19)14(22-9)16-5-3-4-8(6-16)13(15)20;3-2(4,5)1(6)7/h3-6,9,11-12,14,18-19H,2,7H2,1H3,(H-,15,20);(H,6,7)/p+1/t9?,11-,12-,14-;/m1./s1. The van der Waals surface area contributed by atoms with Crippen molar-refractivity contribution in [2.45, 2.75) is 44.1 Å². The fourth-order valence-corrected chi connectivity index (χ4v) is 2.19. The van der Waals surface area contributed by atoms with Gasteiger partial charge in [0.05, 0.1) is 0 Å². The van der Waals surface area contributed by atoms with Crippen LogP contribution >= 0.6 is 0 Å². The largest absolute Gasteiger partial charge is 0.490 e. The third kappa shape index (κ3) is 6.96. The number of halogens is 3. The summed E-state index contributed by atoms with van der Waals surface area (Å²) in [6.45, 7) is 1.49. The molecule has 0 spiro atoms. The van der Waals surface area contributed by atoms with Gasteiger partial charge in [0.15, 0.2) is 18.5 Å². The zero-order valence-electron chi connectivity index (χ0n) is 15.1. The summed E-state index contributed by atoms with van der Waals surface area (Å²) in [5.41, 5.74) is 5.45. The molecule has 1 aliphatic heterocycles. The molecule has 1 saturated heterocycles. The van der Waals surface area contributed by atoms with Gasteiger partial charge < -0.3 is 30.5 Å². The molecule has 1 amide bonds. The second kappa shape index (κ2) is 10.1. The van der Waals surface area contributed by atoms with Gasteiger partial charge in [-0.15, -0.1) is 0 Å². The number of nitrogens with two attached hydrogens (primary N) is 1. The van der Waals surface area contributed by atoms with Crippen LogP contribution in [0.15, 0.2) is 24.5 Å². The van der Waals surface area contributed by atoms with Crippen LogP contribution in [-0.2, 0) is 19.1 Å². The molecular weight excluding hydrogens is 405 g/mol. The van der Waals surface area contributed by atoms with Crippen molar-refractivity contribution in [3.05, 3.63) is 30.1 Å². The molecule has 5 N–H and O–H groups in total. The maximum Gasteiger partial charge on any atom is 0.490 e. The van der Waals surface area contributed by atoms with Gasteiger partial charge in [0.2, 0.25) is 0 Å². The van der Waals surface area contributed by atoms with E-state index < -0.39 is 48.6 Å². The number of amides is 1. The second-order valence-electron chi connectivity index (χ2n) is 5.79. The molecule has 1 aromatic heterocycles. The molecule has 10 nitrogen and oxygen atoms in total. The first-order valence-corrected chi connectivity index (χ1v) is 8.16. The van der Waals surface area contributed by atoms with E-state index in [1.54, 1.807) is 19.2 Å². The van der Waals surface area contributed by atoms with E-state index in [9.17, 15) is 33.0 Å². The molecule has 29 heavy (non-hydrogen) atoms. The number of aliphatic hydroxyl groups is 2. The Kier molecular flexibility index (Phi) is 8.48. The number of primary amides is 1. The SMILES string of the molecule is CCC(=O)OCC1O[C@@H]([n+]2cccc(C(N)=O)c2)[C@H](O)[C@@H]1O.O=C(O)C(F)(F)F. The molecule has 0 saturated carbocycles. The Balaban J connectivity index is 0.000000516. The molecule has 2 heterocycles. The predicted octanol–water partition coefficient (Wildman–Crippen LogP) is -0.721. The van der Waals surface area contributed by atoms with Crippen molar-refractivity contribution in [1.82, 2.24) is 0 Å². The zero-order chi connectivity index (χ0) is 22.4. The van der Waals surface area contributed by atoms with E-state index in [1.165, 1.54) is 16.8 Å². The molecule has 0 radical (unpaired) electrons. The maximum absolute atomic E-state index is 11.2. The summed E-state index contributed by atoms with van der Waals surface area (Å²) >= 11 is 0. The van der Waals surface area contributed by atoms with Crippen molar-refractivity contribution >= 4 is 17.8 Å². The number of carboxylic acid groups (broad SMARTS) is 1. The number of esters is 1. The first-order chi connectivity index (χ1) is 13.4. The maximum atomic E-state index is 11.2. The average molecular weight is 425 g/mol. The van der Waals surface area contributed by atoms with Gasteiger partial charge in [-0.1, -0.05) is 6.92 Å². The number of aliphatic hydroxyl groups excluding tert-OH is 2. The Morgan fingerprint density at radius 2 is 1.86 bits per heavy atom. The summed E-state index contributed by atoms with van der Waals surface area (Å²) in [4.78, 5) is 31.2. The monoisotopic (exact) mass is 425 g/mol. The van der Waals surface area contributed by atoms with Crippen LogP contribution < -0.4 is 10.3 Å². The number of ether oxygens (including phenoxy) is 2. The number of carbonyl (C=O) groups is 3. The van der Waals surface area contributed by atoms with Crippen molar-refractivity contribution in [1.29, 1.82) is 0 Å². The van der Waals surface area contributed by atoms with Gasteiger partial charge >= 0.3 is 18.1 Å². The highest BCUT2D eigenvalue weighted by atomic mass is 19.4. The van der Waals surface area contributed by atoms with Crippen LogP contribution in [0.1, 0.15) is 29.9 Å². The molecule has 1 aromatic rings. The summed E-state index contributed by atoms with van der Waals surface area (Å²) < 4.78 is 43.6.